The van der Waals surface area contributed by atoms with E-state index < -0.39 is 0 Å². The maximum atomic E-state index is 2.37. The molecule has 1 aliphatic carbocycles. The normalized spacial score (nSPS) is 12.6. The van der Waals surface area contributed by atoms with Crippen molar-refractivity contribution in [2.24, 2.45) is 44.9 Å². The fraction of sp³-hybridized carbons (Fsp3) is 0.413. The Morgan fingerprint density at radius 2 is 0.709 bits per heavy atom. The average molecular weight is 1060 g/mol. The highest BCUT2D eigenvalue weighted by molar-refractivity contribution is 5.64. The van der Waals surface area contributed by atoms with Crippen molar-refractivity contribution >= 4 is 0 Å². The maximum absolute atomic E-state index is 2.37. The van der Waals surface area contributed by atoms with Crippen molar-refractivity contribution < 1.29 is 18.3 Å². The molecule has 1 aliphatic rings. The first-order chi connectivity index (χ1) is 37.2. The summed E-state index contributed by atoms with van der Waals surface area (Å²) in [6, 6.07) is 43.9. The Bertz CT molecular complexity index is 3330. The minimum Gasteiger partial charge on any atom is -0.201 e. The fourth-order valence-corrected chi connectivity index (χ4v) is 11.6. The van der Waals surface area contributed by atoms with Gasteiger partial charge in [-0.05, 0) is 179 Å². The molecule has 0 radical (unpaired) electrons. The molecule has 1 saturated carbocycles. The van der Waals surface area contributed by atoms with E-state index in [0.29, 0.717) is 16.7 Å². The molecule has 9 rings (SSSR count). The van der Waals surface area contributed by atoms with E-state index in [2.05, 4.69) is 303 Å². The zero-order chi connectivity index (χ0) is 57.9. The molecule has 79 heavy (non-hydrogen) atoms. The monoisotopic (exact) mass is 1060 g/mol. The van der Waals surface area contributed by atoms with Crippen LogP contribution < -0.4 is 18.3 Å². The number of nitrogens with zero attached hydrogens (tertiary/aromatic N) is 4. The Kier molecular flexibility index (Phi) is 21.2. The van der Waals surface area contributed by atoms with Crippen molar-refractivity contribution in [1.29, 1.82) is 0 Å². The molecular formula is C75H100N4+4. The summed E-state index contributed by atoms with van der Waals surface area (Å²) in [5.41, 5.74) is 28.0. The first-order valence-corrected chi connectivity index (χ1v) is 29.4. The molecule has 8 aromatic rings. The van der Waals surface area contributed by atoms with E-state index >= 15 is 0 Å². The van der Waals surface area contributed by atoms with Gasteiger partial charge >= 0.3 is 0 Å². The van der Waals surface area contributed by atoms with Gasteiger partial charge in [0.05, 0.1) is 0 Å². The molecule has 0 amide bonds. The molecule has 1 fully saturated rings. The van der Waals surface area contributed by atoms with Gasteiger partial charge in [0.1, 0.15) is 28.2 Å². The Labute approximate surface area is 480 Å². The lowest BCUT2D eigenvalue weighted by molar-refractivity contribution is -0.661. The second kappa shape index (κ2) is 27.1. The summed E-state index contributed by atoms with van der Waals surface area (Å²) in [7, 11) is 8.59. The minimum atomic E-state index is 0.313. The SMILES string of the molecule is Cc1c[n+](C)c(-c2ccccc2C)cc1CC(C)(C)C.Cc1c[n+](C)c(-c2ccccc2C)cc1CC(C)C.Cc1cc(-c2ccccc2C)[n+](C)cc1CC(C)(C)C.Cc1ccccc1-c1cc(C)c(C2CCCC2)c[n+]1C. The van der Waals surface area contributed by atoms with Gasteiger partial charge in [-0.25, -0.2) is 18.3 Å². The van der Waals surface area contributed by atoms with E-state index in [1.165, 1.54) is 132 Å². The van der Waals surface area contributed by atoms with Crippen molar-refractivity contribution in [3.63, 3.8) is 0 Å². The Morgan fingerprint density at radius 1 is 0.380 bits per heavy atom. The molecule has 0 atom stereocenters. The smallest absolute Gasteiger partial charge is 0.201 e. The van der Waals surface area contributed by atoms with E-state index in [1.54, 1.807) is 5.56 Å². The first-order valence-electron chi connectivity index (χ1n) is 29.4. The van der Waals surface area contributed by atoms with Crippen LogP contribution in [0, 0.1) is 72.1 Å². The van der Waals surface area contributed by atoms with E-state index in [0.717, 1.165) is 25.2 Å². The van der Waals surface area contributed by atoms with Crippen LogP contribution in [0.25, 0.3) is 45.0 Å². The maximum Gasteiger partial charge on any atom is 0.212 e. The highest BCUT2D eigenvalue weighted by Crippen LogP contribution is 2.36. The van der Waals surface area contributed by atoms with Crippen molar-refractivity contribution in [3.8, 4) is 45.0 Å². The van der Waals surface area contributed by atoms with Crippen LogP contribution in [0.1, 0.15) is 154 Å². The van der Waals surface area contributed by atoms with E-state index in [1.807, 2.05) is 0 Å². The van der Waals surface area contributed by atoms with Crippen molar-refractivity contribution in [2.75, 3.05) is 0 Å². The van der Waals surface area contributed by atoms with Gasteiger partial charge in [0.25, 0.3) is 0 Å². The largest absolute Gasteiger partial charge is 0.212 e. The molecule has 4 aromatic heterocycles. The Morgan fingerprint density at radius 3 is 1.10 bits per heavy atom. The first kappa shape index (κ1) is 61.7. The summed E-state index contributed by atoms with van der Waals surface area (Å²) in [4.78, 5) is 0. The van der Waals surface area contributed by atoms with Gasteiger partial charge in [-0.2, -0.15) is 0 Å². The van der Waals surface area contributed by atoms with Gasteiger partial charge in [-0.1, -0.05) is 141 Å². The molecule has 0 aliphatic heterocycles. The van der Waals surface area contributed by atoms with Crippen LogP contribution in [-0.2, 0) is 47.5 Å². The lowest BCUT2D eigenvalue weighted by Crippen LogP contribution is -2.32. The van der Waals surface area contributed by atoms with E-state index in [4.69, 9.17) is 0 Å². The summed E-state index contributed by atoms with van der Waals surface area (Å²) in [6.45, 7) is 36.0. The van der Waals surface area contributed by atoms with Gasteiger partial charge in [-0.15, -0.1) is 0 Å². The molecule has 4 aromatic carbocycles. The highest BCUT2D eigenvalue weighted by atomic mass is 14.9. The average Bonchev–Trinajstić information content (AvgIpc) is 3.99. The minimum absolute atomic E-state index is 0.313. The van der Waals surface area contributed by atoms with Crippen molar-refractivity contribution in [3.05, 3.63) is 213 Å². The van der Waals surface area contributed by atoms with Crippen LogP contribution in [0.2, 0.25) is 0 Å². The summed E-state index contributed by atoms with van der Waals surface area (Å²) >= 11 is 0. The summed E-state index contributed by atoms with van der Waals surface area (Å²) in [6.07, 6.45) is 18.1. The molecule has 0 spiro atoms. The lowest BCUT2D eigenvalue weighted by Gasteiger charge is -2.19. The Balaban J connectivity index is 0.000000170. The van der Waals surface area contributed by atoms with E-state index in [9.17, 15) is 0 Å². The molecule has 4 heteroatoms. The second-order valence-corrected chi connectivity index (χ2v) is 26.2. The molecule has 0 unspecified atom stereocenters. The third-order valence-corrected chi connectivity index (χ3v) is 15.8. The summed E-state index contributed by atoms with van der Waals surface area (Å²) in [5.74, 6) is 1.48. The van der Waals surface area contributed by atoms with Gasteiger partial charge in [-0.3, -0.25) is 0 Å². The second-order valence-electron chi connectivity index (χ2n) is 26.2. The predicted octanol–water partition coefficient (Wildman–Crippen LogP) is 17.2. The molecule has 4 nitrogen and oxygen atoms in total. The van der Waals surface area contributed by atoms with Crippen LogP contribution in [0.15, 0.2) is 146 Å². The molecule has 0 bridgehead atoms. The number of aryl methyl sites for hydroxylation is 12. The van der Waals surface area contributed by atoms with Gasteiger partial charge in [0.2, 0.25) is 22.8 Å². The number of aromatic nitrogens is 4. The number of hydrogen-bond donors (Lipinski definition) is 0. The fourth-order valence-electron chi connectivity index (χ4n) is 11.6. The molecule has 0 N–H and O–H groups in total. The van der Waals surface area contributed by atoms with Crippen LogP contribution >= 0.6 is 0 Å². The van der Waals surface area contributed by atoms with Crippen LogP contribution in [0.4, 0.5) is 0 Å². The number of hydrogen-bond acceptors (Lipinski definition) is 0. The van der Waals surface area contributed by atoms with Crippen molar-refractivity contribution in [2.45, 2.75) is 162 Å². The van der Waals surface area contributed by atoms with E-state index in [-0.39, 0.29) is 0 Å². The summed E-state index contributed by atoms with van der Waals surface area (Å²) in [5, 5.41) is 0. The molecular weight excluding hydrogens is 957 g/mol. The van der Waals surface area contributed by atoms with Crippen LogP contribution in [-0.4, -0.2) is 0 Å². The lowest BCUT2D eigenvalue weighted by atomic mass is 9.86. The number of benzene rings is 4. The standard InChI is InChI=1S/C19H24N.2C19H26N.C18H24N/c1-14-8-4-7-11-17(14)19-12-15(2)18(13-20(19)3)16-9-5-6-10-16;1-14-9-7-8-10-17(14)18-11-16(12-19(3,4)5)15(2)13-20(18)6;1-14-9-7-8-10-17(14)18-11-15(2)16(13-20(18)6)12-19(3,4)5;1-13(2)10-16-11-18(19(5)12-15(16)4)17-9-7-6-8-14(17)3/h4,7-8,11-13,16H,5-6,9-10H2,1-3H3;2*7-11,13H,12H2,1-6H3;6-9,11-13H,10H2,1-5H3/q4*+1. The quantitative estimate of drug-likeness (QED) is 0.128. The zero-order valence-electron chi connectivity index (χ0n) is 52.7. The highest BCUT2D eigenvalue weighted by Gasteiger charge is 2.25. The molecule has 416 valence electrons. The van der Waals surface area contributed by atoms with Gasteiger partial charge in [0.15, 0.2) is 24.8 Å². The van der Waals surface area contributed by atoms with Gasteiger partial charge in [0, 0.05) is 68.8 Å². The molecule has 0 saturated heterocycles. The third-order valence-electron chi connectivity index (χ3n) is 15.8. The third kappa shape index (κ3) is 17.0. The van der Waals surface area contributed by atoms with Crippen molar-refractivity contribution in [1.82, 2.24) is 0 Å². The van der Waals surface area contributed by atoms with Crippen LogP contribution in [0.5, 0.6) is 0 Å². The topological polar surface area (TPSA) is 15.5 Å². The van der Waals surface area contributed by atoms with Gasteiger partial charge < -0.3 is 0 Å². The number of rotatable bonds is 9. The summed E-state index contributed by atoms with van der Waals surface area (Å²) < 4.78 is 9.05. The molecule has 4 heterocycles. The van der Waals surface area contributed by atoms with Crippen LogP contribution in [0.3, 0.4) is 0 Å². The Hall–Kier alpha value is -6.52. The number of pyridine rings is 4. The predicted molar refractivity (Wildman–Crippen MR) is 336 cm³/mol. The zero-order valence-corrected chi connectivity index (χ0v) is 52.7.